The van der Waals surface area contributed by atoms with Gasteiger partial charge in [-0.25, -0.2) is 10.6 Å². The molecule has 3 rings (SSSR count). The summed E-state index contributed by atoms with van der Waals surface area (Å²) in [6.07, 6.45) is 2.22. The minimum absolute atomic E-state index is 0.245. The number of hydrogen-bond donors (Lipinski definition) is 3. The Bertz CT molecular complexity index is 791. The average Bonchev–Trinajstić information content (AvgIpc) is 3.40. The van der Waals surface area contributed by atoms with Crippen LogP contribution in [0.4, 0.5) is 10.5 Å². The molecule has 132 valence electrons. The number of carbonyl (C=O) groups excluding carboxylic acids is 1. The first-order valence-corrected chi connectivity index (χ1v) is 8.77. The van der Waals surface area contributed by atoms with Crippen molar-refractivity contribution in [3.63, 3.8) is 0 Å². The van der Waals surface area contributed by atoms with Crippen LogP contribution in [0.5, 0.6) is 11.5 Å². The Hall–Kier alpha value is -2.25. The number of amides is 2. The van der Waals surface area contributed by atoms with Crippen molar-refractivity contribution >= 4 is 27.6 Å². The van der Waals surface area contributed by atoms with E-state index < -0.39 is 6.03 Å². The molecule has 25 heavy (non-hydrogen) atoms. The third-order valence-corrected chi connectivity index (χ3v) is 4.81. The predicted molar refractivity (Wildman–Crippen MR) is 99.5 cm³/mol. The lowest BCUT2D eigenvalue weighted by Crippen LogP contribution is -2.37. The number of rotatable bonds is 5. The number of halogens is 1. The lowest BCUT2D eigenvalue weighted by molar-refractivity contribution is 0.223. The van der Waals surface area contributed by atoms with Crippen LogP contribution >= 0.6 is 15.9 Å². The Kier molecular flexibility index (Phi) is 5.15. The van der Waals surface area contributed by atoms with Crippen molar-refractivity contribution in [3.8, 4) is 11.5 Å². The van der Waals surface area contributed by atoms with E-state index in [4.69, 9.17) is 10.6 Å². The molecular weight excluding hydrogens is 386 g/mol. The van der Waals surface area contributed by atoms with Crippen molar-refractivity contribution in [2.45, 2.75) is 25.4 Å². The lowest BCUT2D eigenvalue weighted by atomic mass is 10.1. The minimum Gasteiger partial charge on any atom is -0.508 e. The molecule has 6 nitrogen and oxygen atoms in total. The standard InChI is InChI=1S/C18H20BrN3O3/c1-22(20)18(24)21-16-4-2-3-15(19)14(16)10-25-17-8-7-12(23)9-13(17)11-5-6-11/h2-4,7-9,11,23H,5-6,10,20H2,1H3,(H,21,24). The maximum absolute atomic E-state index is 11.8. The first kappa shape index (κ1) is 17.6. The molecule has 0 radical (unpaired) electrons. The number of aromatic hydroxyl groups is 1. The van der Waals surface area contributed by atoms with Crippen molar-refractivity contribution < 1.29 is 14.6 Å². The smallest absolute Gasteiger partial charge is 0.335 e. The van der Waals surface area contributed by atoms with Gasteiger partial charge >= 0.3 is 6.03 Å². The highest BCUT2D eigenvalue weighted by Gasteiger charge is 2.27. The zero-order valence-corrected chi connectivity index (χ0v) is 15.4. The normalized spacial score (nSPS) is 13.4. The highest BCUT2D eigenvalue weighted by molar-refractivity contribution is 9.10. The molecule has 1 fully saturated rings. The molecule has 1 aliphatic carbocycles. The maximum atomic E-state index is 11.8. The number of hydrogen-bond acceptors (Lipinski definition) is 4. The molecule has 0 spiro atoms. The fourth-order valence-corrected chi connectivity index (χ4v) is 3.04. The van der Waals surface area contributed by atoms with Crippen LogP contribution in [-0.4, -0.2) is 23.2 Å². The number of ether oxygens (including phenoxy) is 1. The van der Waals surface area contributed by atoms with E-state index in [1.807, 2.05) is 12.1 Å². The number of phenolic OH excluding ortho intramolecular Hbond substituents is 1. The molecule has 0 unspecified atom stereocenters. The Balaban J connectivity index is 1.80. The molecule has 1 saturated carbocycles. The topological polar surface area (TPSA) is 87.8 Å². The van der Waals surface area contributed by atoms with Crippen molar-refractivity contribution in [1.29, 1.82) is 0 Å². The van der Waals surface area contributed by atoms with Crippen molar-refractivity contribution in [2.75, 3.05) is 12.4 Å². The summed E-state index contributed by atoms with van der Waals surface area (Å²) in [4.78, 5) is 11.8. The van der Waals surface area contributed by atoms with E-state index in [0.717, 1.165) is 39.2 Å². The van der Waals surface area contributed by atoms with Crippen molar-refractivity contribution in [3.05, 3.63) is 52.0 Å². The summed E-state index contributed by atoms with van der Waals surface area (Å²) in [6, 6.07) is 10.3. The average molecular weight is 406 g/mol. The second-order valence-corrected chi connectivity index (χ2v) is 6.95. The van der Waals surface area contributed by atoms with Crippen LogP contribution in [0.25, 0.3) is 0 Å². The largest absolute Gasteiger partial charge is 0.508 e. The van der Waals surface area contributed by atoms with Gasteiger partial charge < -0.3 is 15.2 Å². The van der Waals surface area contributed by atoms with Crippen LogP contribution in [0, 0.1) is 0 Å². The van der Waals surface area contributed by atoms with E-state index in [0.29, 0.717) is 11.6 Å². The number of phenols is 1. The summed E-state index contributed by atoms with van der Waals surface area (Å²) >= 11 is 3.50. The van der Waals surface area contributed by atoms with Crippen LogP contribution in [0.15, 0.2) is 40.9 Å². The Labute approximate surface area is 154 Å². The first-order valence-electron chi connectivity index (χ1n) is 7.98. The molecule has 1 aliphatic rings. The van der Waals surface area contributed by atoms with Crippen LogP contribution in [-0.2, 0) is 6.61 Å². The molecule has 7 heteroatoms. The van der Waals surface area contributed by atoms with Gasteiger partial charge in [-0.2, -0.15) is 0 Å². The SMILES string of the molecule is CN(N)C(=O)Nc1cccc(Br)c1COc1ccc(O)cc1C1CC1. The van der Waals surface area contributed by atoms with E-state index in [1.165, 1.54) is 7.05 Å². The Morgan fingerprint density at radius 2 is 2.16 bits per heavy atom. The van der Waals surface area contributed by atoms with E-state index in [-0.39, 0.29) is 12.4 Å². The summed E-state index contributed by atoms with van der Waals surface area (Å²) in [5.74, 6) is 6.91. The summed E-state index contributed by atoms with van der Waals surface area (Å²) in [5.41, 5.74) is 2.47. The van der Waals surface area contributed by atoms with Gasteiger partial charge in [0.2, 0.25) is 0 Å². The molecule has 2 amide bonds. The molecule has 4 N–H and O–H groups in total. The fraction of sp³-hybridized carbons (Fsp3) is 0.278. The molecule has 0 bridgehead atoms. The molecular formula is C18H20BrN3O3. The van der Waals surface area contributed by atoms with E-state index in [1.54, 1.807) is 24.3 Å². The number of nitrogens with one attached hydrogen (secondary N) is 1. The van der Waals surface area contributed by atoms with Gasteiger partial charge in [0.05, 0.1) is 5.69 Å². The van der Waals surface area contributed by atoms with E-state index in [9.17, 15) is 9.90 Å². The molecule has 2 aromatic carbocycles. The zero-order chi connectivity index (χ0) is 18.0. The van der Waals surface area contributed by atoms with Gasteiger partial charge in [0, 0.05) is 22.6 Å². The second-order valence-electron chi connectivity index (χ2n) is 6.09. The predicted octanol–water partition coefficient (Wildman–Crippen LogP) is 3.95. The van der Waals surface area contributed by atoms with Gasteiger partial charge in [0.1, 0.15) is 18.1 Å². The number of anilines is 1. The molecule has 0 atom stereocenters. The summed E-state index contributed by atoms with van der Waals surface area (Å²) in [5, 5.41) is 13.5. The molecule has 2 aromatic rings. The summed E-state index contributed by atoms with van der Waals surface area (Å²) in [6.45, 7) is 0.274. The van der Waals surface area contributed by atoms with Gasteiger partial charge in [0.15, 0.2) is 0 Å². The second kappa shape index (κ2) is 7.33. The Morgan fingerprint density at radius 1 is 1.40 bits per heavy atom. The molecule has 0 aromatic heterocycles. The maximum Gasteiger partial charge on any atom is 0.335 e. The highest BCUT2D eigenvalue weighted by Crippen LogP contribution is 2.45. The van der Waals surface area contributed by atoms with Crippen LogP contribution in [0.3, 0.4) is 0 Å². The van der Waals surface area contributed by atoms with Crippen molar-refractivity contribution in [1.82, 2.24) is 5.01 Å². The summed E-state index contributed by atoms with van der Waals surface area (Å²) < 4.78 is 6.84. The lowest BCUT2D eigenvalue weighted by Gasteiger charge is -2.17. The molecule has 0 saturated heterocycles. The van der Waals surface area contributed by atoms with Gasteiger partial charge in [-0.3, -0.25) is 5.01 Å². The minimum atomic E-state index is -0.414. The first-order chi connectivity index (χ1) is 12.0. The number of benzene rings is 2. The quantitative estimate of drug-likeness (QED) is 0.399. The number of urea groups is 1. The third kappa shape index (κ3) is 4.24. The number of hydrazine groups is 1. The molecule has 0 heterocycles. The van der Waals surface area contributed by atoms with E-state index in [2.05, 4.69) is 21.2 Å². The number of nitrogens with zero attached hydrogens (tertiary/aromatic N) is 1. The number of nitrogens with two attached hydrogens (primary N) is 1. The van der Waals surface area contributed by atoms with Crippen LogP contribution in [0.2, 0.25) is 0 Å². The highest BCUT2D eigenvalue weighted by atomic mass is 79.9. The van der Waals surface area contributed by atoms with Crippen molar-refractivity contribution in [2.24, 2.45) is 5.84 Å². The fourth-order valence-electron chi connectivity index (χ4n) is 2.56. The zero-order valence-electron chi connectivity index (χ0n) is 13.8. The van der Waals surface area contributed by atoms with Gasteiger partial charge in [-0.05, 0) is 49.1 Å². The van der Waals surface area contributed by atoms with Gasteiger partial charge in [-0.15, -0.1) is 0 Å². The summed E-state index contributed by atoms with van der Waals surface area (Å²) in [7, 11) is 1.47. The van der Waals surface area contributed by atoms with Crippen LogP contribution in [0.1, 0.15) is 29.9 Å². The van der Waals surface area contributed by atoms with E-state index >= 15 is 0 Å². The van der Waals surface area contributed by atoms with Crippen LogP contribution < -0.4 is 15.9 Å². The monoisotopic (exact) mass is 405 g/mol. The third-order valence-electron chi connectivity index (χ3n) is 4.06. The number of carbonyl (C=O) groups is 1. The van der Waals surface area contributed by atoms with Gasteiger partial charge in [-0.1, -0.05) is 22.0 Å². The Morgan fingerprint density at radius 3 is 2.84 bits per heavy atom. The van der Waals surface area contributed by atoms with Gasteiger partial charge in [0.25, 0.3) is 0 Å². The molecule has 0 aliphatic heterocycles.